The van der Waals surface area contributed by atoms with Gasteiger partial charge in [-0.05, 0) is 18.8 Å². The second kappa shape index (κ2) is 6.37. The number of aromatic nitrogens is 2. The first-order chi connectivity index (χ1) is 10.2. The van der Waals surface area contributed by atoms with Crippen LogP contribution in [-0.2, 0) is 10.0 Å². The smallest absolute Gasteiger partial charge is 0.224 e. The zero-order chi connectivity index (χ0) is 16.5. The molecule has 0 radical (unpaired) electrons. The first-order valence-corrected chi connectivity index (χ1v) is 9.34. The highest BCUT2D eigenvalue weighted by atomic mass is 32.2. The van der Waals surface area contributed by atoms with Crippen LogP contribution < -0.4 is 14.9 Å². The van der Waals surface area contributed by atoms with Crippen LogP contribution in [0.5, 0.6) is 0 Å². The molecule has 0 aliphatic carbocycles. The third-order valence-electron chi connectivity index (χ3n) is 3.98. The number of sulfonamides is 1. The van der Waals surface area contributed by atoms with E-state index < -0.39 is 10.0 Å². The van der Waals surface area contributed by atoms with E-state index in [0.717, 1.165) is 18.1 Å². The number of hydrogen-bond acceptors (Lipinski definition) is 6. The van der Waals surface area contributed by atoms with Crippen molar-refractivity contribution in [2.75, 3.05) is 36.6 Å². The average Bonchev–Trinajstić information content (AvgIpc) is 2.79. The predicted molar refractivity (Wildman–Crippen MR) is 88.6 cm³/mol. The lowest BCUT2D eigenvalue weighted by Gasteiger charge is -2.21. The minimum atomic E-state index is -3.22. The maximum absolute atomic E-state index is 11.6. The molecule has 0 spiro atoms. The van der Waals surface area contributed by atoms with Crippen LogP contribution in [0.15, 0.2) is 6.07 Å². The van der Waals surface area contributed by atoms with Crippen LogP contribution in [0.25, 0.3) is 0 Å². The molecule has 2 atom stereocenters. The first-order valence-electron chi connectivity index (χ1n) is 7.45. The molecule has 1 aromatic rings. The Morgan fingerprint density at radius 2 is 2.00 bits per heavy atom. The van der Waals surface area contributed by atoms with Gasteiger partial charge in [-0.2, -0.15) is 4.98 Å². The van der Waals surface area contributed by atoms with E-state index in [2.05, 4.69) is 38.8 Å². The van der Waals surface area contributed by atoms with Crippen molar-refractivity contribution in [3.63, 3.8) is 0 Å². The van der Waals surface area contributed by atoms with Crippen LogP contribution in [-0.4, -0.2) is 50.8 Å². The van der Waals surface area contributed by atoms with Crippen LogP contribution in [0.2, 0.25) is 0 Å². The minimum Gasteiger partial charge on any atom is -0.357 e. The Balaban J connectivity index is 2.25. The molecule has 1 aliphatic rings. The molecule has 1 saturated heterocycles. The summed E-state index contributed by atoms with van der Waals surface area (Å²) in [7, 11) is -1.44. The fourth-order valence-corrected chi connectivity index (χ4v) is 3.72. The molecule has 7 nitrogen and oxygen atoms in total. The van der Waals surface area contributed by atoms with E-state index in [1.807, 2.05) is 13.0 Å². The van der Waals surface area contributed by atoms with E-state index >= 15 is 0 Å². The van der Waals surface area contributed by atoms with Crippen LogP contribution >= 0.6 is 0 Å². The van der Waals surface area contributed by atoms with Crippen molar-refractivity contribution in [2.45, 2.75) is 26.8 Å². The summed E-state index contributed by atoms with van der Waals surface area (Å²) < 4.78 is 25.9. The fourth-order valence-electron chi connectivity index (χ4n) is 2.92. The van der Waals surface area contributed by atoms with Crippen LogP contribution in [0.4, 0.5) is 11.8 Å². The molecular formula is C14H25N5O2S. The van der Waals surface area contributed by atoms with Crippen molar-refractivity contribution in [3.8, 4) is 0 Å². The third-order valence-corrected chi connectivity index (χ3v) is 4.71. The molecule has 8 heteroatoms. The predicted octanol–water partition coefficient (Wildman–Crippen LogP) is 0.837. The lowest BCUT2D eigenvalue weighted by molar-refractivity contribution is 0.365. The van der Waals surface area contributed by atoms with Gasteiger partial charge in [0.05, 0.1) is 6.26 Å². The van der Waals surface area contributed by atoms with E-state index in [1.54, 1.807) is 7.05 Å². The average molecular weight is 327 g/mol. The first kappa shape index (κ1) is 17.0. The van der Waals surface area contributed by atoms with Gasteiger partial charge in [0.15, 0.2) is 0 Å². The zero-order valence-electron chi connectivity index (χ0n) is 13.8. The van der Waals surface area contributed by atoms with Crippen molar-refractivity contribution < 1.29 is 8.42 Å². The summed E-state index contributed by atoms with van der Waals surface area (Å²) in [5, 5.41) is 2.95. The summed E-state index contributed by atoms with van der Waals surface area (Å²) in [5.74, 6) is 2.05. The zero-order valence-corrected chi connectivity index (χ0v) is 14.6. The van der Waals surface area contributed by atoms with Crippen LogP contribution in [0.1, 0.15) is 19.5 Å². The molecule has 22 heavy (non-hydrogen) atoms. The number of nitrogens with zero attached hydrogens (tertiary/aromatic N) is 3. The third kappa shape index (κ3) is 4.07. The summed E-state index contributed by atoms with van der Waals surface area (Å²) in [6, 6.07) is 1.84. The maximum atomic E-state index is 11.6. The highest BCUT2D eigenvalue weighted by molar-refractivity contribution is 7.88. The highest BCUT2D eigenvalue weighted by Gasteiger charge is 2.36. The summed E-state index contributed by atoms with van der Waals surface area (Å²) in [6.45, 7) is 7.57. The van der Waals surface area contributed by atoms with Crippen molar-refractivity contribution in [3.05, 3.63) is 11.8 Å². The van der Waals surface area contributed by atoms with Gasteiger partial charge in [0, 0.05) is 37.9 Å². The van der Waals surface area contributed by atoms with Crippen molar-refractivity contribution in [1.82, 2.24) is 14.7 Å². The monoisotopic (exact) mass is 327 g/mol. The molecule has 0 aromatic carbocycles. The van der Waals surface area contributed by atoms with Crippen LogP contribution in [0.3, 0.4) is 0 Å². The molecule has 1 fully saturated rings. The molecule has 0 bridgehead atoms. The summed E-state index contributed by atoms with van der Waals surface area (Å²) in [6.07, 6.45) is 1.21. The molecule has 2 rings (SSSR count). The van der Waals surface area contributed by atoms with Gasteiger partial charge in [-0.1, -0.05) is 13.8 Å². The maximum Gasteiger partial charge on any atom is 0.224 e. The van der Waals surface area contributed by atoms with Crippen molar-refractivity contribution in [1.29, 1.82) is 0 Å². The molecule has 1 aromatic heterocycles. The number of aryl methyl sites for hydroxylation is 1. The highest BCUT2D eigenvalue weighted by Crippen LogP contribution is 2.28. The molecule has 0 amide bonds. The van der Waals surface area contributed by atoms with Gasteiger partial charge < -0.3 is 10.2 Å². The Bertz CT molecular complexity index is 632. The quantitative estimate of drug-likeness (QED) is 0.833. The molecule has 2 N–H and O–H groups in total. The molecule has 0 unspecified atom stereocenters. The largest absolute Gasteiger partial charge is 0.357 e. The summed E-state index contributed by atoms with van der Waals surface area (Å²) >= 11 is 0. The van der Waals surface area contributed by atoms with Gasteiger partial charge in [-0.3, -0.25) is 0 Å². The normalized spacial score (nSPS) is 22.4. The van der Waals surface area contributed by atoms with Crippen molar-refractivity contribution >= 4 is 21.8 Å². The number of nitrogens with one attached hydrogen (secondary N) is 2. The Morgan fingerprint density at radius 1 is 1.32 bits per heavy atom. The Labute approximate surface area is 132 Å². The van der Waals surface area contributed by atoms with Gasteiger partial charge in [0.1, 0.15) is 5.82 Å². The standard InChI is InChI=1S/C14H25N5O2S/c1-9(2)11-7-19(8-12(11)18-22(5,20)21)13-6-10(3)16-14(15-4)17-13/h6,9,11-12,18H,7-8H2,1-5H3,(H,15,16,17)/t11-,12+/m1/s1. The Morgan fingerprint density at radius 3 is 2.55 bits per heavy atom. The number of rotatable bonds is 5. The second-order valence-corrected chi connectivity index (χ2v) is 8.03. The topological polar surface area (TPSA) is 87.2 Å². The van der Waals surface area contributed by atoms with Gasteiger partial charge in [-0.25, -0.2) is 18.1 Å². The van der Waals surface area contributed by atoms with Crippen LogP contribution in [0, 0.1) is 18.8 Å². The lowest BCUT2D eigenvalue weighted by atomic mass is 9.92. The van der Waals surface area contributed by atoms with E-state index in [9.17, 15) is 8.42 Å². The van der Waals surface area contributed by atoms with E-state index in [1.165, 1.54) is 6.26 Å². The van der Waals surface area contributed by atoms with Gasteiger partial charge in [0.2, 0.25) is 16.0 Å². The Hall–Kier alpha value is -1.41. The molecule has 1 aliphatic heterocycles. The van der Waals surface area contributed by atoms with E-state index in [0.29, 0.717) is 18.4 Å². The van der Waals surface area contributed by atoms with Crippen molar-refractivity contribution in [2.24, 2.45) is 11.8 Å². The molecule has 0 saturated carbocycles. The molecular weight excluding hydrogens is 302 g/mol. The van der Waals surface area contributed by atoms with Gasteiger partial charge in [-0.15, -0.1) is 0 Å². The summed E-state index contributed by atoms with van der Waals surface area (Å²) in [4.78, 5) is 10.9. The molecule has 124 valence electrons. The van der Waals surface area contributed by atoms with Gasteiger partial charge in [0.25, 0.3) is 0 Å². The minimum absolute atomic E-state index is 0.0942. The number of hydrogen-bond donors (Lipinski definition) is 2. The lowest BCUT2D eigenvalue weighted by Crippen LogP contribution is -2.41. The SMILES string of the molecule is CNc1nc(C)cc(N2C[C@H](NS(C)(=O)=O)[C@@H](C(C)C)C2)n1. The Kier molecular flexibility index (Phi) is 4.91. The van der Waals surface area contributed by atoms with Gasteiger partial charge >= 0.3 is 0 Å². The van der Waals surface area contributed by atoms with E-state index in [4.69, 9.17) is 0 Å². The second-order valence-electron chi connectivity index (χ2n) is 6.25. The van der Waals surface area contributed by atoms with E-state index in [-0.39, 0.29) is 12.0 Å². The molecule has 2 heterocycles. The fraction of sp³-hybridized carbons (Fsp3) is 0.714. The summed E-state index contributed by atoms with van der Waals surface area (Å²) in [5.41, 5.74) is 0.884. The number of anilines is 2.